The van der Waals surface area contributed by atoms with Gasteiger partial charge in [-0.25, -0.2) is 9.48 Å². The molecular weight excluding hydrogens is 437 g/mol. The zero-order valence-corrected chi connectivity index (χ0v) is 18.2. The van der Waals surface area contributed by atoms with Crippen molar-refractivity contribution >= 4 is 23.4 Å². The van der Waals surface area contributed by atoms with Gasteiger partial charge in [0.05, 0.1) is 35.3 Å². The minimum Gasteiger partial charge on any atom is -0.449 e. The minimum atomic E-state index is -4.49. The van der Waals surface area contributed by atoms with E-state index in [0.29, 0.717) is 17.1 Å². The lowest BCUT2D eigenvalue weighted by molar-refractivity contribution is -0.137. The molecule has 2 amide bonds. The molecule has 0 unspecified atom stereocenters. The molecule has 1 aromatic heterocycles. The molecular formula is C23H23F3N4O3. The van der Waals surface area contributed by atoms with Crippen molar-refractivity contribution in [2.75, 3.05) is 17.2 Å². The molecule has 0 aliphatic carbocycles. The number of benzene rings is 2. The van der Waals surface area contributed by atoms with E-state index in [0.717, 1.165) is 12.1 Å². The maximum atomic E-state index is 13.0. The fourth-order valence-corrected chi connectivity index (χ4v) is 2.98. The number of alkyl halides is 3. The quantitative estimate of drug-likeness (QED) is 0.497. The second kappa shape index (κ2) is 9.76. The van der Waals surface area contributed by atoms with E-state index in [1.54, 1.807) is 31.2 Å². The van der Waals surface area contributed by atoms with Crippen LogP contribution in [-0.2, 0) is 10.9 Å². The van der Waals surface area contributed by atoms with E-state index in [1.807, 2.05) is 13.8 Å². The number of carbonyl (C=O) groups is 2. The zero-order chi connectivity index (χ0) is 24.2. The van der Waals surface area contributed by atoms with Gasteiger partial charge in [0.15, 0.2) is 0 Å². The first kappa shape index (κ1) is 23.8. The first-order valence-electron chi connectivity index (χ1n) is 10.1. The fourth-order valence-electron chi connectivity index (χ4n) is 2.98. The molecule has 2 aromatic carbocycles. The molecule has 0 fully saturated rings. The maximum Gasteiger partial charge on any atom is 0.416 e. The molecule has 33 heavy (non-hydrogen) atoms. The Labute approximate surface area is 188 Å². The summed E-state index contributed by atoms with van der Waals surface area (Å²) >= 11 is 0. The minimum absolute atomic E-state index is 0.187. The third-order valence-electron chi connectivity index (χ3n) is 4.59. The lowest BCUT2D eigenvalue weighted by Gasteiger charge is -2.11. The summed E-state index contributed by atoms with van der Waals surface area (Å²) in [5.74, 6) is -0.299. The van der Waals surface area contributed by atoms with E-state index >= 15 is 0 Å². The lowest BCUT2D eigenvalue weighted by Crippen LogP contribution is -2.17. The molecule has 0 bridgehead atoms. The molecule has 0 aliphatic heterocycles. The van der Waals surface area contributed by atoms with Crippen LogP contribution >= 0.6 is 0 Å². The Bertz CT molecular complexity index is 1160. The summed E-state index contributed by atoms with van der Waals surface area (Å²) in [4.78, 5) is 24.6. The Morgan fingerprint density at radius 3 is 2.39 bits per heavy atom. The number of hydrogen-bond donors (Lipinski definition) is 2. The smallest absolute Gasteiger partial charge is 0.416 e. The number of anilines is 2. The molecule has 3 aromatic rings. The molecule has 7 nitrogen and oxygen atoms in total. The molecule has 3 rings (SSSR count). The van der Waals surface area contributed by atoms with Crippen molar-refractivity contribution in [1.82, 2.24) is 9.78 Å². The summed E-state index contributed by atoms with van der Waals surface area (Å²) in [6, 6.07) is 11.2. The van der Waals surface area contributed by atoms with Crippen LogP contribution in [0.1, 0.15) is 35.5 Å². The van der Waals surface area contributed by atoms with Gasteiger partial charge in [0.25, 0.3) is 5.91 Å². The average molecular weight is 460 g/mol. The largest absolute Gasteiger partial charge is 0.449 e. The maximum absolute atomic E-state index is 13.0. The number of halogens is 3. The van der Waals surface area contributed by atoms with Crippen LogP contribution in [0.5, 0.6) is 0 Å². The predicted molar refractivity (Wildman–Crippen MR) is 118 cm³/mol. The molecule has 0 saturated heterocycles. The molecule has 0 aliphatic rings. The number of aromatic nitrogens is 2. The van der Waals surface area contributed by atoms with Gasteiger partial charge in [-0.1, -0.05) is 26.0 Å². The van der Waals surface area contributed by atoms with Gasteiger partial charge in [-0.2, -0.15) is 18.3 Å². The van der Waals surface area contributed by atoms with Gasteiger partial charge in [0.2, 0.25) is 0 Å². The fraction of sp³-hybridized carbons (Fsp3) is 0.261. The van der Waals surface area contributed by atoms with Crippen LogP contribution in [0.15, 0.2) is 54.7 Å². The molecule has 2 N–H and O–H groups in total. The van der Waals surface area contributed by atoms with Gasteiger partial charge in [-0.3, -0.25) is 10.1 Å². The molecule has 0 radical (unpaired) electrons. The number of nitrogens with zero attached hydrogens (tertiary/aromatic N) is 2. The predicted octanol–water partition coefficient (Wildman–Crippen LogP) is 5.66. The van der Waals surface area contributed by atoms with E-state index in [4.69, 9.17) is 4.74 Å². The molecule has 1 heterocycles. The Morgan fingerprint density at radius 1 is 1.06 bits per heavy atom. The summed E-state index contributed by atoms with van der Waals surface area (Å²) in [5, 5.41) is 9.36. The van der Waals surface area contributed by atoms with Crippen molar-refractivity contribution < 1.29 is 27.5 Å². The van der Waals surface area contributed by atoms with Crippen LogP contribution in [0, 0.1) is 12.8 Å². The highest BCUT2D eigenvalue weighted by atomic mass is 19.4. The van der Waals surface area contributed by atoms with Gasteiger partial charge in [0.1, 0.15) is 0 Å². The Kier molecular flexibility index (Phi) is 7.05. The number of nitrogens with one attached hydrogen (secondary N) is 2. The standard InChI is InChI=1S/C23H23F3N4O3/c1-14(2)13-33-22(32)29-18-8-5-7-17(11-18)28-21(31)20-12-27-30(15(20)3)19-9-4-6-16(10-19)23(24,25)26/h4-12,14H,13H2,1-3H3,(H,28,31)(H,29,32). The van der Waals surface area contributed by atoms with Crippen LogP contribution in [-0.4, -0.2) is 28.4 Å². The van der Waals surface area contributed by atoms with E-state index in [2.05, 4.69) is 15.7 Å². The van der Waals surface area contributed by atoms with E-state index in [-0.39, 0.29) is 23.8 Å². The van der Waals surface area contributed by atoms with Crippen molar-refractivity contribution in [2.24, 2.45) is 5.92 Å². The normalized spacial score (nSPS) is 11.4. The second-order valence-electron chi connectivity index (χ2n) is 7.76. The van der Waals surface area contributed by atoms with Crippen LogP contribution < -0.4 is 10.6 Å². The van der Waals surface area contributed by atoms with E-state index in [1.165, 1.54) is 23.0 Å². The first-order valence-corrected chi connectivity index (χ1v) is 10.1. The van der Waals surface area contributed by atoms with Gasteiger partial charge in [0, 0.05) is 11.4 Å². The molecule has 0 saturated carbocycles. The van der Waals surface area contributed by atoms with Crippen LogP contribution in [0.4, 0.5) is 29.3 Å². The van der Waals surface area contributed by atoms with E-state index < -0.39 is 23.7 Å². The average Bonchev–Trinajstić information content (AvgIpc) is 3.13. The first-order chi connectivity index (χ1) is 15.5. The highest BCUT2D eigenvalue weighted by Gasteiger charge is 2.30. The Morgan fingerprint density at radius 2 is 1.73 bits per heavy atom. The van der Waals surface area contributed by atoms with Gasteiger partial charge in [-0.05, 0) is 49.2 Å². The number of ether oxygens (including phenoxy) is 1. The third-order valence-corrected chi connectivity index (χ3v) is 4.59. The van der Waals surface area contributed by atoms with Gasteiger partial charge in [-0.15, -0.1) is 0 Å². The summed E-state index contributed by atoms with van der Waals surface area (Å²) in [5.41, 5.74) is 0.788. The van der Waals surface area contributed by atoms with Crippen LogP contribution in [0.3, 0.4) is 0 Å². The van der Waals surface area contributed by atoms with Gasteiger partial charge < -0.3 is 10.1 Å². The highest BCUT2D eigenvalue weighted by Crippen LogP contribution is 2.30. The number of amides is 2. The van der Waals surface area contributed by atoms with Crippen molar-refractivity contribution in [3.05, 3.63) is 71.5 Å². The van der Waals surface area contributed by atoms with Crippen LogP contribution in [0.25, 0.3) is 5.69 Å². The Hall–Kier alpha value is -3.82. The lowest BCUT2D eigenvalue weighted by atomic mass is 10.2. The number of rotatable bonds is 6. The summed E-state index contributed by atoms with van der Waals surface area (Å²) in [6.45, 7) is 5.70. The van der Waals surface area contributed by atoms with Crippen molar-refractivity contribution in [3.8, 4) is 5.69 Å². The molecule has 10 heteroatoms. The zero-order valence-electron chi connectivity index (χ0n) is 18.2. The highest BCUT2D eigenvalue weighted by molar-refractivity contribution is 6.05. The van der Waals surface area contributed by atoms with Crippen molar-refractivity contribution in [3.63, 3.8) is 0 Å². The van der Waals surface area contributed by atoms with Crippen molar-refractivity contribution in [1.29, 1.82) is 0 Å². The number of carbonyl (C=O) groups excluding carboxylic acids is 2. The molecule has 0 spiro atoms. The van der Waals surface area contributed by atoms with Crippen LogP contribution in [0.2, 0.25) is 0 Å². The topological polar surface area (TPSA) is 85.2 Å². The summed E-state index contributed by atoms with van der Waals surface area (Å²) < 4.78 is 45.4. The Balaban J connectivity index is 1.73. The molecule has 0 atom stereocenters. The summed E-state index contributed by atoms with van der Waals surface area (Å²) in [7, 11) is 0. The number of hydrogen-bond acceptors (Lipinski definition) is 4. The third kappa shape index (κ3) is 6.12. The van der Waals surface area contributed by atoms with Crippen molar-refractivity contribution in [2.45, 2.75) is 26.9 Å². The monoisotopic (exact) mass is 460 g/mol. The summed E-state index contributed by atoms with van der Waals surface area (Å²) in [6.07, 6.45) is -3.81. The second-order valence-corrected chi connectivity index (χ2v) is 7.76. The van der Waals surface area contributed by atoms with E-state index in [9.17, 15) is 22.8 Å². The molecule has 174 valence electrons. The SMILES string of the molecule is Cc1c(C(=O)Nc2cccc(NC(=O)OCC(C)C)c2)cnn1-c1cccc(C(F)(F)F)c1. The van der Waals surface area contributed by atoms with Gasteiger partial charge >= 0.3 is 12.3 Å².